The molecule has 0 aliphatic carbocycles. The van der Waals surface area contributed by atoms with Crippen molar-refractivity contribution < 1.29 is 27.8 Å². The highest BCUT2D eigenvalue weighted by Crippen LogP contribution is 2.24. The van der Waals surface area contributed by atoms with Gasteiger partial charge in [0, 0.05) is 29.1 Å². The summed E-state index contributed by atoms with van der Waals surface area (Å²) in [6, 6.07) is 7.86. The van der Waals surface area contributed by atoms with Crippen LogP contribution in [0.15, 0.2) is 30.3 Å². The molecule has 0 saturated carbocycles. The Morgan fingerprint density at radius 2 is 1.81 bits per heavy atom. The lowest BCUT2D eigenvalue weighted by Gasteiger charge is -2.11. The van der Waals surface area contributed by atoms with Crippen LogP contribution in [-0.2, 0) is 9.53 Å². The maximum atomic E-state index is 12.4. The number of rotatable bonds is 8. The third kappa shape index (κ3) is 4.68. The van der Waals surface area contributed by atoms with Gasteiger partial charge in [-0.1, -0.05) is 6.92 Å². The first-order valence-electron chi connectivity index (χ1n) is 8.26. The van der Waals surface area contributed by atoms with Gasteiger partial charge >= 0.3 is 12.6 Å². The van der Waals surface area contributed by atoms with Crippen LogP contribution < -0.4 is 4.74 Å². The third-order valence-electron chi connectivity index (χ3n) is 3.87. The number of alkyl halides is 2. The molecule has 2 aromatic rings. The molecule has 0 radical (unpaired) electrons. The highest BCUT2D eigenvalue weighted by molar-refractivity contribution is 5.99. The molecule has 26 heavy (non-hydrogen) atoms. The number of carbonyl (C=O) groups excluding carboxylic acids is 2. The van der Waals surface area contributed by atoms with Crippen LogP contribution in [0.4, 0.5) is 8.78 Å². The predicted molar refractivity (Wildman–Crippen MR) is 92.1 cm³/mol. The Balaban J connectivity index is 2.19. The summed E-state index contributed by atoms with van der Waals surface area (Å²) in [5.41, 5.74) is 2.65. The minimum absolute atomic E-state index is 0.0605. The fourth-order valence-electron chi connectivity index (χ4n) is 2.72. The van der Waals surface area contributed by atoms with E-state index >= 15 is 0 Å². The lowest BCUT2D eigenvalue weighted by molar-refractivity contribution is -0.142. The fraction of sp³-hybridized carbons (Fsp3) is 0.368. The van der Waals surface area contributed by atoms with Crippen LogP contribution in [0.25, 0.3) is 5.69 Å². The van der Waals surface area contributed by atoms with Gasteiger partial charge in [0.05, 0.1) is 0 Å². The maximum Gasteiger partial charge on any atom is 0.387 e. The first-order chi connectivity index (χ1) is 12.3. The van der Waals surface area contributed by atoms with Crippen LogP contribution in [0, 0.1) is 13.8 Å². The molecule has 0 aliphatic rings. The van der Waals surface area contributed by atoms with E-state index in [0.29, 0.717) is 23.4 Å². The Kier molecular flexibility index (Phi) is 6.49. The van der Waals surface area contributed by atoms with Crippen LogP contribution in [0.5, 0.6) is 5.75 Å². The van der Waals surface area contributed by atoms with E-state index < -0.39 is 12.6 Å². The molecule has 0 atom stereocenters. The van der Waals surface area contributed by atoms with Crippen LogP contribution in [-0.4, -0.2) is 29.5 Å². The topological polar surface area (TPSA) is 57.5 Å². The summed E-state index contributed by atoms with van der Waals surface area (Å²) in [5, 5.41) is 0. The second-order valence-electron chi connectivity index (χ2n) is 5.83. The quantitative estimate of drug-likeness (QED) is 0.519. The number of halogens is 2. The van der Waals surface area contributed by atoms with Gasteiger partial charge in [0.1, 0.15) is 5.75 Å². The summed E-state index contributed by atoms with van der Waals surface area (Å²) >= 11 is 0. The number of hydrogen-bond acceptors (Lipinski definition) is 4. The van der Waals surface area contributed by atoms with E-state index in [0.717, 1.165) is 5.69 Å². The van der Waals surface area contributed by atoms with Crippen LogP contribution in [0.2, 0.25) is 0 Å². The van der Waals surface area contributed by atoms with Gasteiger partial charge in [-0.05, 0) is 50.6 Å². The minimum Gasteiger partial charge on any atom is -0.457 e. The largest absolute Gasteiger partial charge is 0.457 e. The van der Waals surface area contributed by atoms with E-state index in [1.54, 1.807) is 25.1 Å². The van der Waals surface area contributed by atoms with E-state index in [4.69, 9.17) is 4.74 Å². The number of aryl methyl sites for hydroxylation is 1. The Morgan fingerprint density at radius 1 is 1.15 bits per heavy atom. The number of aromatic nitrogens is 1. The lowest BCUT2D eigenvalue weighted by atomic mass is 10.1. The maximum absolute atomic E-state index is 12.4. The Morgan fingerprint density at radius 3 is 2.38 bits per heavy atom. The molecule has 0 N–H and O–H groups in total. The highest BCUT2D eigenvalue weighted by atomic mass is 19.3. The van der Waals surface area contributed by atoms with E-state index in [9.17, 15) is 18.4 Å². The van der Waals surface area contributed by atoms with E-state index in [1.165, 1.54) is 12.1 Å². The predicted octanol–water partition coefficient (Wildman–Crippen LogP) is 4.22. The SMILES string of the molecule is CCCC(=O)OCC(=O)c1cc(C)n(-c2ccc(OC(F)F)cc2)c1C. The number of ketones is 1. The number of carbonyl (C=O) groups is 2. The number of hydrogen-bond donors (Lipinski definition) is 0. The Labute approximate surface area is 150 Å². The average molecular weight is 365 g/mol. The van der Waals surface area contributed by atoms with Crippen molar-refractivity contribution in [3.05, 3.63) is 47.3 Å². The van der Waals surface area contributed by atoms with Crippen molar-refractivity contribution in [2.45, 2.75) is 40.2 Å². The Hall–Kier alpha value is -2.70. The number of benzene rings is 1. The van der Waals surface area contributed by atoms with Gasteiger partial charge in [0.15, 0.2) is 6.61 Å². The van der Waals surface area contributed by atoms with E-state index in [1.807, 2.05) is 18.4 Å². The minimum atomic E-state index is -2.88. The lowest BCUT2D eigenvalue weighted by Crippen LogP contribution is -2.14. The molecule has 2 rings (SSSR count). The standard InChI is InChI=1S/C19H21F2NO4/c1-4-5-18(24)25-11-17(23)16-10-12(2)22(13(16)3)14-6-8-15(9-7-14)26-19(20)21/h6-10,19H,4-5,11H2,1-3H3. The molecule has 0 fully saturated rings. The number of ether oxygens (including phenoxy) is 2. The molecule has 0 spiro atoms. The molecule has 0 bridgehead atoms. The van der Waals surface area contributed by atoms with E-state index in [-0.39, 0.29) is 24.6 Å². The molecule has 1 aromatic carbocycles. The van der Waals surface area contributed by atoms with Crippen LogP contribution in [0.1, 0.15) is 41.5 Å². The first kappa shape index (κ1) is 19.6. The van der Waals surface area contributed by atoms with Crippen molar-refractivity contribution in [2.75, 3.05) is 6.61 Å². The smallest absolute Gasteiger partial charge is 0.387 e. The normalized spacial score (nSPS) is 10.8. The van der Waals surface area contributed by atoms with Crippen molar-refractivity contribution in [3.8, 4) is 11.4 Å². The summed E-state index contributed by atoms with van der Waals surface area (Å²) in [6.45, 7) is 2.28. The van der Waals surface area contributed by atoms with Crippen molar-refractivity contribution in [2.24, 2.45) is 0 Å². The second-order valence-corrected chi connectivity index (χ2v) is 5.83. The van der Waals surface area contributed by atoms with Gasteiger partial charge in [-0.2, -0.15) is 8.78 Å². The highest BCUT2D eigenvalue weighted by Gasteiger charge is 2.18. The Bertz CT molecular complexity index is 782. The van der Waals surface area contributed by atoms with E-state index in [2.05, 4.69) is 4.74 Å². The molecule has 1 aromatic heterocycles. The summed E-state index contributed by atoms with van der Waals surface area (Å²) in [4.78, 5) is 23.8. The molecule has 0 aliphatic heterocycles. The van der Waals surface area contributed by atoms with Gasteiger partial charge in [-0.15, -0.1) is 0 Å². The fourth-order valence-corrected chi connectivity index (χ4v) is 2.72. The van der Waals surface area contributed by atoms with Crippen molar-refractivity contribution in [3.63, 3.8) is 0 Å². The van der Waals surface area contributed by atoms with Crippen LogP contribution >= 0.6 is 0 Å². The summed E-state index contributed by atoms with van der Waals surface area (Å²) in [5.74, 6) is -0.624. The molecule has 5 nitrogen and oxygen atoms in total. The molecule has 0 saturated heterocycles. The van der Waals surface area contributed by atoms with Gasteiger partial charge in [0.2, 0.25) is 5.78 Å². The number of esters is 1. The summed E-state index contributed by atoms with van der Waals surface area (Å²) in [7, 11) is 0. The molecule has 7 heteroatoms. The monoisotopic (exact) mass is 365 g/mol. The van der Waals surface area contributed by atoms with Crippen molar-refractivity contribution >= 4 is 11.8 Å². The molecular weight excluding hydrogens is 344 g/mol. The molecule has 1 heterocycles. The van der Waals surface area contributed by atoms with Crippen LogP contribution in [0.3, 0.4) is 0 Å². The van der Waals surface area contributed by atoms with Gasteiger partial charge < -0.3 is 14.0 Å². The zero-order valence-electron chi connectivity index (χ0n) is 14.9. The van der Waals surface area contributed by atoms with Crippen molar-refractivity contribution in [1.29, 1.82) is 0 Å². The second kappa shape index (κ2) is 8.60. The molecule has 140 valence electrons. The zero-order valence-corrected chi connectivity index (χ0v) is 14.9. The summed E-state index contributed by atoms with van der Waals surface area (Å²) in [6.07, 6.45) is 0.937. The summed E-state index contributed by atoms with van der Waals surface area (Å²) < 4.78 is 35.6. The molecule has 0 unspecified atom stereocenters. The molecular formula is C19H21F2NO4. The zero-order chi connectivity index (χ0) is 19.3. The average Bonchev–Trinajstić information content (AvgIpc) is 2.88. The number of nitrogens with zero attached hydrogens (tertiary/aromatic N) is 1. The molecule has 0 amide bonds. The number of Topliss-reactive ketones (excluding diaryl/α,β-unsaturated/α-hetero) is 1. The van der Waals surface area contributed by atoms with Gasteiger partial charge in [-0.25, -0.2) is 0 Å². The van der Waals surface area contributed by atoms with Crippen molar-refractivity contribution in [1.82, 2.24) is 4.57 Å². The first-order valence-corrected chi connectivity index (χ1v) is 8.26. The van der Waals surface area contributed by atoms with Gasteiger partial charge in [-0.3, -0.25) is 9.59 Å². The third-order valence-corrected chi connectivity index (χ3v) is 3.87. The van der Waals surface area contributed by atoms with Gasteiger partial charge in [0.25, 0.3) is 0 Å².